The molecule has 0 saturated carbocycles. The van der Waals surface area contributed by atoms with E-state index in [2.05, 4.69) is 31.3 Å². The van der Waals surface area contributed by atoms with E-state index >= 15 is 0 Å². The summed E-state index contributed by atoms with van der Waals surface area (Å²) in [5.74, 6) is -0.306. The number of benzene rings is 2. The van der Waals surface area contributed by atoms with Gasteiger partial charge in [-0.15, -0.1) is 0 Å². The molecule has 0 aliphatic carbocycles. The third-order valence-electron chi connectivity index (χ3n) is 3.21. The van der Waals surface area contributed by atoms with E-state index in [0.717, 1.165) is 11.4 Å². The normalized spacial score (nSPS) is 10.2. The molecule has 3 heteroatoms. The lowest BCUT2D eigenvalue weighted by Crippen LogP contribution is -2.07. The molecule has 0 radical (unpaired) electrons. The van der Waals surface area contributed by atoms with Crippen molar-refractivity contribution in [2.24, 2.45) is 0 Å². The number of esters is 1. The Morgan fingerprint density at radius 1 is 1.10 bits per heavy atom. The van der Waals surface area contributed by atoms with Gasteiger partial charge in [0.25, 0.3) is 0 Å². The second-order valence-electron chi connectivity index (χ2n) is 4.69. The van der Waals surface area contributed by atoms with Crippen LogP contribution in [0.4, 0.5) is 11.4 Å². The van der Waals surface area contributed by atoms with Crippen LogP contribution in [0.2, 0.25) is 0 Å². The van der Waals surface area contributed by atoms with E-state index in [9.17, 15) is 4.79 Å². The number of hydrogen-bond acceptors (Lipinski definition) is 3. The number of nitrogens with one attached hydrogen (secondary N) is 1. The summed E-state index contributed by atoms with van der Waals surface area (Å²) in [6.07, 6.45) is 0. The van der Waals surface area contributed by atoms with Crippen LogP contribution in [-0.4, -0.2) is 12.6 Å². The molecule has 0 bridgehead atoms. The van der Waals surface area contributed by atoms with Gasteiger partial charge in [0.15, 0.2) is 0 Å². The lowest BCUT2D eigenvalue weighted by molar-refractivity contribution is 0.0527. The molecule has 2 aromatic carbocycles. The molecule has 0 spiro atoms. The highest BCUT2D eigenvalue weighted by atomic mass is 16.5. The summed E-state index contributed by atoms with van der Waals surface area (Å²) in [5.41, 5.74) is 4.73. The number of anilines is 2. The fourth-order valence-corrected chi connectivity index (χ4v) is 1.95. The number of carbonyl (C=O) groups excluding carboxylic acids is 1. The van der Waals surface area contributed by atoms with Crippen LogP contribution in [0, 0.1) is 13.8 Å². The van der Waals surface area contributed by atoms with E-state index in [0.29, 0.717) is 12.2 Å². The Labute approximate surface area is 119 Å². The first-order valence-electron chi connectivity index (χ1n) is 6.72. The Balaban J connectivity index is 2.29. The minimum atomic E-state index is -0.306. The molecule has 0 saturated heterocycles. The standard InChI is InChI=1S/C17H19NO2/c1-4-20-17(19)15-7-5-6-8-16(15)18-14-10-9-12(2)13(3)11-14/h5-11,18H,4H2,1-3H3. The quantitative estimate of drug-likeness (QED) is 0.844. The minimum Gasteiger partial charge on any atom is -0.462 e. The number of rotatable bonds is 4. The smallest absolute Gasteiger partial charge is 0.340 e. The maximum absolute atomic E-state index is 11.9. The van der Waals surface area contributed by atoms with Crippen molar-refractivity contribution in [2.45, 2.75) is 20.8 Å². The van der Waals surface area contributed by atoms with E-state index < -0.39 is 0 Å². The maximum atomic E-state index is 11.9. The van der Waals surface area contributed by atoms with Crippen LogP contribution in [0.15, 0.2) is 42.5 Å². The first-order valence-corrected chi connectivity index (χ1v) is 6.72. The van der Waals surface area contributed by atoms with Crippen molar-refractivity contribution in [3.8, 4) is 0 Å². The average molecular weight is 269 g/mol. The zero-order chi connectivity index (χ0) is 14.5. The first kappa shape index (κ1) is 14.1. The average Bonchev–Trinajstić information content (AvgIpc) is 2.44. The van der Waals surface area contributed by atoms with Crippen molar-refractivity contribution in [1.29, 1.82) is 0 Å². The fourth-order valence-electron chi connectivity index (χ4n) is 1.95. The largest absolute Gasteiger partial charge is 0.462 e. The van der Waals surface area contributed by atoms with Gasteiger partial charge in [0.05, 0.1) is 17.9 Å². The molecular formula is C17H19NO2. The molecule has 20 heavy (non-hydrogen) atoms. The molecule has 0 atom stereocenters. The topological polar surface area (TPSA) is 38.3 Å². The van der Waals surface area contributed by atoms with Gasteiger partial charge in [0, 0.05) is 5.69 Å². The summed E-state index contributed by atoms with van der Waals surface area (Å²) in [6, 6.07) is 13.5. The second kappa shape index (κ2) is 6.24. The maximum Gasteiger partial charge on any atom is 0.340 e. The van der Waals surface area contributed by atoms with Gasteiger partial charge >= 0.3 is 5.97 Å². The molecule has 1 N–H and O–H groups in total. The fraction of sp³-hybridized carbons (Fsp3) is 0.235. The minimum absolute atomic E-state index is 0.306. The third-order valence-corrected chi connectivity index (χ3v) is 3.21. The van der Waals surface area contributed by atoms with Gasteiger partial charge in [-0.1, -0.05) is 18.2 Å². The number of carbonyl (C=O) groups is 1. The van der Waals surface area contributed by atoms with Crippen molar-refractivity contribution in [2.75, 3.05) is 11.9 Å². The van der Waals surface area contributed by atoms with Gasteiger partial charge in [-0.3, -0.25) is 0 Å². The van der Waals surface area contributed by atoms with Gasteiger partial charge in [-0.2, -0.15) is 0 Å². The molecule has 3 nitrogen and oxygen atoms in total. The van der Waals surface area contributed by atoms with E-state index in [1.165, 1.54) is 11.1 Å². The summed E-state index contributed by atoms with van der Waals surface area (Å²) < 4.78 is 5.07. The lowest BCUT2D eigenvalue weighted by Gasteiger charge is -2.12. The van der Waals surface area contributed by atoms with Crippen LogP contribution in [0.1, 0.15) is 28.4 Å². The Morgan fingerprint density at radius 3 is 2.55 bits per heavy atom. The highest BCUT2D eigenvalue weighted by Crippen LogP contribution is 2.23. The van der Waals surface area contributed by atoms with Crippen LogP contribution in [0.3, 0.4) is 0 Å². The molecule has 0 aliphatic rings. The molecule has 2 rings (SSSR count). The Morgan fingerprint density at radius 2 is 1.85 bits per heavy atom. The number of ether oxygens (including phenoxy) is 1. The van der Waals surface area contributed by atoms with Crippen molar-refractivity contribution in [3.63, 3.8) is 0 Å². The van der Waals surface area contributed by atoms with Gasteiger partial charge in [-0.05, 0) is 56.2 Å². The van der Waals surface area contributed by atoms with Crippen molar-refractivity contribution in [1.82, 2.24) is 0 Å². The molecule has 2 aromatic rings. The van der Waals surface area contributed by atoms with Gasteiger partial charge in [0.2, 0.25) is 0 Å². The van der Waals surface area contributed by atoms with Crippen LogP contribution < -0.4 is 5.32 Å². The van der Waals surface area contributed by atoms with Gasteiger partial charge in [-0.25, -0.2) is 4.79 Å². The molecule has 104 valence electrons. The first-order chi connectivity index (χ1) is 9.61. The molecule has 0 heterocycles. The molecular weight excluding hydrogens is 250 g/mol. The van der Waals surface area contributed by atoms with Crippen LogP contribution >= 0.6 is 0 Å². The second-order valence-corrected chi connectivity index (χ2v) is 4.69. The summed E-state index contributed by atoms with van der Waals surface area (Å²) in [6.45, 7) is 6.32. The Hall–Kier alpha value is -2.29. The molecule has 0 aromatic heterocycles. The van der Waals surface area contributed by atoms with E-state index in [4.69, 9.17) is 4.74 Å². The van der Waals surface area contributed by atoms with Crippen molar-refractivity contribution >= 4 is 17.3 Å². The van der Waals surface area contributed by atoms with E-state index in [1.807, 2.05) is 24.3 Å². The number of para-hydroxylation sites is 1. The summed E-state index contributed by atoms with van der Waals surface area (Å²) in [5, 5.41) is 3.28. The number of hydrogen-bond donors (Lipinski definition) is 1. The predicted molar refractivity (Wildman–Crippen MR) is 81.6 cm³/mol. The van der Waals surface area contributed by atoms with Crippen molar-refractivity contribution in [3.05, 3.63) is 59.2 Å². The zero-order valence-electron chi connectivity index (χ0n) is 12.1. The summed E-state index contributed by atoms with van der Waals surface area (Å²) >= 11 is 0. The molecule has 0 amide bonds. The third kappa shape index (κ3) is 3.18. The predicted octanol–water partition coefficient (Wildman–Crippen LogP) is 4.22. The van der Waals surface area contributed by atoms with E-state index in [-0.39, 0.29) is 5.97 Å². The molecule has 0 fully saturated rings. The number of aryl methyl sites for hydroxylation is 2. The SMILES string of the molecule is CCOC(=O)c1ccccc1Nc1ccc(C)c(C)c1. The van der Waals surface area contributed by atoms with Crippen molar-refractivity contribution < 1.29 is 9.53 Å². The molecule has 0 aliphatic heterocycles. The summed E-state index contributed by atoms with van der Waals surface area (Å²) in [7, 11) is 0. The van der Waals surface area contributed by atoms with Crippen LogP contribution in [-0.2, 0) is 4.74 Å². The molecule has 0 unspecified atom stereocenters. The van der Waals surface area contributed by atoms with Crippen LogP contribution in [0.25, 0.3) is 0 Å². The lowest BCUT2D eigenvalue weighted by atomic mass is 10.1. The zero-order valence-corrected chi connectivity index (χ0v) is 12.1. The Kier molecular flexibility index (Phi) is 4.41. The van der Waals surface area contributed by atoms with Gasteiger partial charge < -0.3 is 10.1 Å². The van der Waals surface area contributed by atoms with E-state index in [1.54, 1.807) is 13.0 Å². The summed E-state index contributed by atoms with van der Waals surface area (Å²) in [4.78, 5) is 11.9. The highest BCUT2D eigenvalue weighted by Gasteiger charge is 2.11. The monoisotopic (exact) mass is 269 g/mol. The highest BCUT2D eigenvalue weighted by molar-refractivity contribution is 5.96. The van der Waals surface area contributed by atoms with Crippen LogP contribution in [0.5, 0.6) is 0 Å². The Bertz CT molecular complexity index is 620. The van der Waals surface area contributed by atoms with Gasteiger partial charge in [0.1, 0.15) is 0 Å².